The minimum Gasteiger partial charge on any atom is -0.0530 e. The maximum atomic E-state index is 1.81. The maximum absolute atomic E-state index is 1.81. The molecule has 0 amide bonds. The summed E-state index contributed by atoms with van der Waals surface area (Å²) in [5.41, 5.74) is 0.793. The standard InChI is InChI=1S/C54H80/c1-3-15-30-28(13-1)25-38-40-27-41-39-26-29-14-2-4-16-31(29)45(39)49-35-20-8-6-18-33(35)47-37-22-10-12-24-43(37)54(53(41)51(47)49)42-23-11-9-21-36(42)46-32-17-5-7-19-34(32)48(44(30)38)50(46)52(40)54/h28-53H,1-27H2. The third-order valence-electron chi connectivity index (χ3n) is 25.9. The molecule has 0 bridgehead atoms. The molecule has 26 unspecified atom stereocenters. The second-order valence-electron chi connectivity index (χ2n) is 25.8. The van der Waals surface area contributed by atoms with Crippen molar-refractivity contribution in [2.45, 2.75) is 173 Å². The fourth-order valence-electron chi connectivity index (χ4n) is 26.4. The van der Waals surface area contributed by atoms with E-state index in [9.17, 15) is 0 Å². The number of rotatable bonds is 0. The van der Waals surface area contributed by atoms with Crippen molar-refractivity contribution < 1.29 is 0 Å². The smallest absolute Gasteiger partial charge is 0.0168 e. The Bertz CT molecular complexity index is 1400. The third-order valence-corrected chi connectivity index (χ3v) is 25.9. The van der Waals surface area contributed by atoms with Gasteiger partial charge in [-0.3, -0.25) is 0 Å². The summed E-state index contributed by atoms with van der Waals surface area (Å²) in [6, 6.07) is 0. The van der Waals surface area contributed by atoms with Gasteiger partial charge >= 0.3 is 0 Å². The molecule has 296 valence electrons. The fourth-order valence-corrected chi connectivity index (χ4v) is 26.4. The summed E-state index contributed by atoms with van der Waals surface area (Å²) in [6.45, 7) is 0. The zero-order valence-electron chi connectivity index (χ0n) is 34.6. The first kappa shape index (κ1) is 32.8. The molecule has 0 heteroatoms. The molecule has 0 aromatic rings. The van der Waals surface area contributed by atoms with Gasteiger partial charge in [-0.05, 0) is 243 Å². The molecule has 15 rings (SSSR count). The van der Waals surface area contributed by atoms with Crippen LogP contribution in [0.4, 0.5) is 0 Å². The van der Waals surface area contributed by atoms with E-state index < -0.39 is 0 Å². The van der Waals surface area contributed by atoms with Gasteiger partial charge in [0.1, 0.15) is 0 Å². The summed E-state index contributed by atoms with van der Waals surface area (Å²) in [6.07, 6.45) is 44.9. The van der Waals surface area contributed by atoms with Crippen molar-refractivity contribution in [3.8, 4) is 0 Å². The second kappa shape index (κ2) is 11.6. The Kier molecular flexibility index (Phi) is 7.07. The van der Waals surface area contributed by atoms with Crippen LogP contribution in [0, 0.1) is 159 Å². The highest BCUT2D eigenvalue weighted by atomic mass is 14.9. The normalized spacial score (nSPS) is 67.6. The highest BCUT2D eigenvalue weighted by molar-refractivity contribution is 5.30. The van der Waals surface area contributed by atoms with Crippen LogP contribution in [0.2, 0.25) is 0 Å². The Morgan fingerprint density at radius 1 is 0.222 bits per heavy atom. The minimum absolute atomic E-state index is 0.793. The van der Waals surface area contributed by atoms with E-state index in [4.69, 9.17) is 0 Å². The summed E-state index contributed by atoms with van der Waals surface area (Å²) in [5.74, 6) is 30.7. The zero-order chi connectivity index (χ0) is 34.6. The summed E-state index contributed by atoms with van der Waals surface area (Å²) < 4.78 is 0. The van der Waals surface area contributed by atoms with Gasteiger partial charge < -0.3 is 0 Å². The average Bonchev–Trinajstić information content (AvgIpc) is 3.98. The van der Waals surface area contributed by atoms with Crippen molar-refractivity contribution in [2.24, 2.45) is 159 Å². The Hall–Kier alpha value is 0. The predicted octanol–water partition coefficient (Wildman–Crippen LogP) is 13.7. The Morgan fingerprint density at radius 2 is 0.556 bits per heavy atom. The lowest BCUT2D eigenvalue weighted by Gasteiger charge is -2.79. The van der Waals surface area contributed by atoms with Gasteiger partial charge in [0.05, 0.1) is 0 Å². The molecule has 26 atom stereocenters. The van der Waals surface area contributed by atoms with E-state index in [1.807, 2.05) is 6.42 Å². The van der Waals surface area contributed by atoms with E-state index in [-0.39, 0.29) is 0 Å². The molecule has 0 aliphatic heterocycles. The van der Waals surface area contributed by atoms with Crippen LogP contribution in [-0.2, 0) is 0 Å². The van der Waals surface area contributed by atoms with Gasteiger partial charge in [-0.1, -0.05) is 89.9 Å². The van der Waals surface area contributed by atoms with Crippen LogP contribution in [0.25, 0.3) is 0 Å². The van der Waals surface area contributed by atoms with Crippen LogP contribution in [0.15, 0.2) is 0 Å². The van der Waals surface area contributed by atoms with Crippen LogP contribution >= 0.6 is 0 Å². The van der Waals surface area contributed by atoms with Crippen molar-refractivity contribution in [1.82, 2.24) is 0 Å². The van der Waals surface area contributed by atoms with Crippen LogP contribution < -0.4 is 0 Å². The van der Waals surface area contributed by atoms with Crippen molar-refractivity contribution in [3.63, 3.8) is 0 Å². The summed E-state index contributed by atoms with van der Waals surface area (Å²) >= 11 is 0. The molecule has 15 saturated carbocycles. The van der Waals surface area contributed by atoms with Crippen molar-refractivity contribution in [3.05, 3.63) is 0 Å². The zero-order valence-corrected chi connectivity index (χ0v) is 34.6. The van der Waals surface area contributed by atoms with E-state index in [0.717, 1.165) is 17.3 Å². The van der Waals surface area contributed by atoms with Crippen molar-refractivity contribution in [2.75, 3.05) is 0 Å². The molecule has 15 fully saturated rings. The summed E-state index contributed by atoms with van der Waals surface area (Å²) in [7, 11) is 0. The van der Waals surface area contributed by atoms with E-state index in [2.05, 4.69) is 0 Å². The molecule has 0 heterocycles. The van der Waals surface area contributed by atoms with Crippen LogP contribution in [0.3, 0.4) is 0 Å². The maximum Gasteiger partial charge on any atom is -0.0168 e. The van der Waals surface area contributed by atoms with Crippen molar-refractivity contribution >= 4 is 0 Å². The monoisotopic (exact) mass is 729 g/mol. The van der Waals surface area contributed by atoms with Gasteiger partial charge in [-0.2, -0.15) is 0 Å². The average molecular weight is 729 g/mol. The van der Waals surface area contributed by atoms with Crippen LogP contribution in [-0.4, -0.2) is 0 Å². The van der Waals surface area contributed by atoms with E-state index in [1.165, 1.54) is 142 Å². The molecule has 0 nitrogen and oxygen atoms in total. The molecular weight excluding hydrogens is 649 g/mol. The fraction of sp³-hybridized carbons (Fsp3) is 1.00. The quantitative estimate of drug-likeness (QED) is 0.233. The molecule has 54 heavy (non-hydrogen) atoms. The molecule has 0 N–H and O–H groups in total. The minimum atomic E-state index is 0.793. The highest BCUT2D eigenvalue weighted by Gasteiger charge is 2.83. The lowest BCUT2D eigenvalue weighted by molar-refractivity contribution is -0.321. The summed E-state index contributed by atoms with van der Waals surface area (Å²) in [4.78, 5) is 0. The largest absolute Gasteiger partial charge is 0.0530 e. The molecule has 0 aromatic carbocycles. The van der Waals surface area contributed by atoms with Gasteiger partial charge in [-0.15, -0.1) is 0 Å². The highest BCUT2D eigenvalue weighted by Crippen LogP contribution is 2.88. The van der Waals surface area contributed by atoms with E-state index in [1.54, 1.807) is 167 Å². The molecule has 0 saturated heterocycles. The number of fused-ring (bicyclic) bond motifs is 20. The van der Waals surface area contributed by atoms with Gasteiger partial charge in [0.15, 0.2) is 0 Å². The first-order valence-corrected chi connectivity index (χ1v) is 26.8. The van der Waals surface area contributed by atoms with Crippen LogP contribution in [0.5, 0.6) is 0 Å². The lowest BCUT2D eigenvalue weighted by atomic mass is 9.25. The molecule has 0 aromatic heterocycles. The van der Waals surface area contributed by atoms with Gasteiger partial charge in [-0.25, -0.2) is 0 Å². The number of hydrogen-bond acceptors (Lipinski definition) is 0. The Morgan fingerprint density at radius 3 is 1.00 bits per heavy atom. The van der Waals surface area contributed by atoms with Crippen molar-refractivity contribution in [1.29, 1.82) is 0 Å². The van der Waals surface area contributed by atoms with E-state index in [0.29, 0.717) is 0 Å². The van der Waals surface area contributed by atoms with Gasteiger partial charge in [0, 0.05) is 0 Å². The molecule has 15 aliphatic carbocycles. The van der Waals surface area contributed by atoms with Gasteiger partial charge in [0.2, 0.25) is 0 Å². The Labute approximate surface area is 331 Å². The predicted molar refractivity (Wildman–Crippen MR) is 218 cm³/mol. The van der Waals surface area contributed by atoms with E-state index >= 15 is 0 Å². The SMILES string of the molecule is C1CCC2C(C1)CC1C3CC4C5CC6CCCCC6C5C5C6CCCCC6C6C7CCCCC7C7(C8CCCCC8C8C9CCCCC9C(C21)C8C37)C4C65. The van der Waals surface area contributed by atoms with Gasteiger partial charge in [0.25, 0.3) is 0 Å². The second-order valence-corrected chi connectivity index (χ2v) is 25.8. The third kappa shape index (κ3) is 3.75. The first-order valence-electron chi connectivity index (χ1n) is 26.8. The topological polar surface area (TPSA) is 0 Å². The Balaban J connectivity index is 0.991. The molecule has 15 aliphatic rings. The lowest BCUT2D eigenvalue weighted by Crippen LogP contribution is -2.75. The van der Waals surface area contributed by atoms with Crippen LogP contribution in [0.1, 0.15) is 173 Å². The molecular formula is C54H80. The first-order chi connectivity index (χ1) is 26.8. The molecule has 0 radical (unpaired) electrons. The molecule has 1 spiro atoms. The summed E-state index contributed by atoms with van der Waals surface area (Å²) in [5, 5.41) is 0. The number of hydrogen-bond donors (Lipinski definition) is 0.